The number of likely N-dealkylation sites (N-methyl/N-ethyl adjacent to an activating group) is 1. The molecule has 3 heterocycles. The van der Waals surface area contributed by atoms with Crippen LogP contribution in [0.25, 0.3) is 11.0 Å². The molecule has 2 unspecified atom stereocenters. The number of nitrogens with zero attached hydrogens (tertiary/aromatic N) is 5. The molecule has 2 saturated heterocycles. The van der Waals surface area contributed by atoms with Crippen LogP contribution in [0.5, 0.6) is 0 Å². The molecule has 1 N–H and O–H groups in total. The summed E-state index contributed by atoms with van der Waals surface area (Å²) in [6, 6.07) is 2.88. The molecular weight excluding hydrogens is 518 g/mol. The molecule has 8 heteroatoms. The van der Waals surface area contributed by atoms with Gasteiger partial charge in [0.05, 0.1) is 11.0 Å². The molecule has 6 nitrogen and oxygen atoms in total. The van der Waals surface area contributed by atoms with Crippen molar-refractivity contribution in [1.29, 1.82) is 0 Å². The normalized spacial score (nSPS) is 31.0. The number of rotatable bonds is 9. The highest BCUT2D eigenvalue weighted by Gasteiger charge is 2.60. The predicted octanol–water partition coefficient (Wildman–Crippen LogP) is 5.44. The average Bonchev–Trinajstić information content (AvgIpc) is 3.24. The third kappa shape index (κ3) is 5.72. The number of halogens is 2. The number of piperazine rings is 1. The van der Waals surface area contributed by atoms with E-state index in [1.807, 2.05) is 0 Å². The summed E-state index contributed by atoms with van der Waals surface area (Å²) in [5, 5.41) is 0. The number of hydrogen-bond acceptors (Lipinski definition) is 5. The van der Waals surface area contributed by atoms with Crippen molar-refractivity contribution in [3.8, 4) is 0 Å². The number of fused-ring (bicyclic) bond motifs is 2. The Bertz CT molecular complexity index is 1250. The number of imidazole rings is 1. The molecule has 5 aliphatic rings. The van der Waals surface area contributed by atoms with Gasteiger partial charge in [0, 0.05) is 57.4 Å². The minimum absolute atomic E-state index is 0.408. The summed E-state index contributed by atoms with van der Waals surface area (Å²) < 4.78 is 28.0. The van der Waals surface area contributed by atoms with Gasteiger partial charge in [-0.3, -0.25) is 4.90 Å². The number of hydrogen-bond donors (Lipinski definition) is 1. The van der Waals surface area contributed by atoms with Gasteiger partial charge < -0.3 is 19.7 Å². The maximum Gasteiger partial charge on any atom is 0.204 e. The van der Waals surface area contributed by atoms with Gasteiger partial charge in [0.25, 0.3) is 0 Å². The highest BCUT2D eigenvalue weighted by molar-refractivity contribution is 5.77. The van der Waals surface area contributed by atoms with Crippen LogP contribution in [0.3, 0.4) is 0 Å². The minimum atomic E-state index is -0.837. The number of allylic oxidation sites excluding steroid dienone is 2. The van der Waals surface area contributed by atoms with E-state index in [9.17, 15) is 8.78 Å². The van der Waals surface area contributed by atoms with Gasteiger partial charge in [-0.15, -0.1) is 0 Å². The molecule has 4 fully saturated rings. The van der Waals surface area contributed by atoms with Crippen molar-refractivity contribution in [3.63, 3.8) is 0 Å². The zero-order valence-electron chi connectivity index (χ0n) is 24.6. The summed E-state index contributed by atoms with van der Waals surface area (Å²) >= 11 is 0. The molecule has 2 aliphatic heterocycles. The monoisotopic (exact) mass is 564 g/mol. The molecule has 1 aromatic carbocycles. The first-order chi connectivity index (χ1) is 20.0. The highest BCUT2D eigenvalue weighted by atomic mass is 19.2. The fourth-order valence-electron chi connectivity index (χ4n) is 8.41. The van der Waals surface area contributed by atoms with Crippen LogP contribution in [0.4, 0.5) is 14.7 Å². The lowest BCUT2D eigenvalue weighted by Crippen LogP contribution is -2.46. The van der Waals surface area contributed by atoms with Gasteiger partial charge in [-0.05, 0) is 101 Å². The summed E-state index contributed by atoms with van der Waals surface area (Å²) in [6.45, 7) is 10.1. The van der Waals surface area contributed by atoms with E-state index in [2.05, 4.69) is 49.9 Å². The van der Waals surface area contributed by atoms with Crippen LogP contribution in [-0.2, 0) is 0 Å². The Morgan fingerprint density at radius 2 is 1.85 bits per heavy atom. The molecule has 0 amide bonds. The lowest BCUT2D eigenvalue weighted by atomic mass is 9.73. The van der Waals surface area contributed by atoms with E-state index in [0.29, 0.717) is 28.4 Å². The molecule has 1 aromatic heterocycles. The highest BCUT2D eigenvalue weighted by Crippen LogP contribution is 2.67. The summed E-state index contributed by atoms with van der Waals surface area (Å²) in [7, 11) is 2.20. The number of H-pyrrole nitrogens is 1. The first-order valence-corrected chi connectivity index (χ1v) is 16.1. The standard InChI is InChI=1S/C33H46F2N6/c1-38-14-16-39(17-15-38)12-5-13-41(32-36-30-20-28(34)29(35)21-31(30)37-32)27-8-9-33(22-26(33)19-27)25-7-4-6-24(18-25)23-40-10-2-3-11-40/h4,6,18,20-21,25-27H,2-3,5,7-17,19,22-23H2,1H3,(H,36,37)/t25?,26?,27-,33-/m1/s1. The van der Waals surface area contributed by atoms with E-state index in [1.165, 1.54) is 69.3 Å². The summed E-state index contributed by atoms with van der Waals surface area (Å²) in [5.74, 6) is 0.528. The van der Waals surface area contributed by atoms with Gasteiger partial charge in [0.1, 0.15) is 0 Å². The van der Waals surface area contributed by atoms with E-state index in [-0.39, 0.29) is 0 Å². The average molecular weight is 565 g/mol. The number of nitrogens with one attached hydrogen (secondary N) is 1. The van der Waals surface area contributed by atoms with Gasteiger partial charge >= 0.3 is 0 Å². The van der Waals surface area contributed by atoms with Crippen molar-refractivity contribution < 1.29 is 8.78 Å². The number of benzene rings is 1. The second kappa shape index (κ2) is 11.4. The number of aromatic amines is 1. The molecule has 0 radical (unpaired) electrons. The van der Waals surface area contributed by atoms with E-state index in [1.54, 1.807) is 0 Å². The van der Waals surface area contributed by atoms with Gasteiger partial charge in [-0.25, -0.2) is 13.8 Å². The predicted molar refractivity (Wildman–Crippen MR) is 161 cm³/mol. The summed E-state index contributed by atoms with van der Waals surface area (Å²) in [6.07, 6.45) is 17.3. The molecule has 41 heavy (non-hydrogen) atoms. The van der Waals surface area contributed by atoms with Crippen molar-refractivity contribution in [1.82, 2.24) is 24.7 Å². The smallest absolute Gasteiger partial charge is 0.204 e. The van der Waals surface area contributed by atoms with E-state index >= 15 is 0 Å². The Balaban J connectivity index is 1.05. The van der Waals surface area contributed by atoms with Crippen LogP contribution in [-0.4, -0.2) is 96.7 Å². The molecule has 7 rings (SSSR count). The van der Waals surface area contributed by atoms with Crippen LogP contribution < -0.4 is 4.90 Å². The molecule has 222 valence electrons. The lowest BCUT2D eigenvalue weighted by Gasteiger charge is -2.39. The molecule has 3 aliphatic carbocycles. The Labute approximate surface area is 243 Å². The van der Waals surface area contributed by atoms with Crippen molar-refractivity contribution in [2.75, 3.05) is 70.9 Å². The second-order valence-corrected chi connectivity index (χ2v) is 13.6. The van der Waals surface area contributed by atoms with E-state index < -0.39 is 11.6 Å². The number of aromatic nitrogens is 2. The number of anilines is 1. The largest absolute Gasteiger partial charge is 0.339 e. The van der Waals surface area contributed by atoms with Gasteiger partial charge in [-0.2, -0.15) is 0 Å². The van der Waals surface area contributed by atoms with Crippen LogP contribution in [0.2, 0.25) is 0 Å². The van der Waals surface area contributed by atoms with Crippen molar-refractivity contribution in [3.05, 3.63) is 47.6 Å². The van der Waals surface area contributed by atoms with Crippen molar-refractivity contribution >= 4 is 17.0 Å². The third-order valence-corrected chi connectivity index (χ3v) is 11.0. The van der Waals surface area contributed by atoms with E-state index in [0.717, 1.165) is 70.5 Å². The maximum absolute atomic E-state index is 14.0. The Kier molecular flexibility index (Phi) is 7.67. The molecule has 2 saturated carbocycles. The topological polar surface area (TPSA) is 41.6 Å². The van der Waals surface area contributed by atoms with Crippen LogP contribution in [0.1, 0.15) is 51.4 Å². The van der Waals surface area contributed by atoms with Gasteiger partial charge in [0.2, 0.25) is 5.95 Å². The van der Waals surface area contributed by atoms with Crippen LogP contribution >= 0.6 is 0 Å². The third-order valence-electron chi connectivity index (χ3n) is 11.0. The quantitative estimate of drug-likeness (QED) is 0.439. The van der Waals surface area contributed by atoms with Crippen molar-refractivity contribution in [2.24, 2.45) is 17.3 Å². The minimum Gasteiger partial charge on any atom is -0.339 e. The Morgan fingerprint density at radius 3 is 2.66 bits per heavy atom. The zero-order chi connectivity index (χ0) is 28.0. The second-order valence-electron chi connectivity index (χ2n) is 13.6. The van der Waals surface area contributed by atoms with E-state index in [4.69, 9.17) is 4.98 Å². The lowest BCUT2D eigenvalue weighted by molar-refractivity contribution is 0.152. The SMILES string of the molecule is CN1CCN(CCCN(c2nc3cc(F)c(F)cc3[nH]2)[C@@H]2CC[C@]3(C4C=C(CN5CCCC5)C=CC4)CC3C2)CC1. The number of likely N-dealkylation sites (tertiary alicyclic amines) is 1. The van der Waals surface area contributed by atoms with Gasteiger partial charge in [-0.1, -0.05) is 18.2 Å². The van der Waals surface area contributed by atoms with Crippen LogP contribution in [0.15, 0.2) is 35.9 Å². The first kappa shape index (κ1) is 27.5. The van der Waals surface area contributed by atoms with Gasteiger partial charge in [0.15, 0.2) is 11.6 Å². The Hall–Kier alpha value is -2.29. The zero-order valence-corrected chi connectivity index (χ0v) is 24.6. The fourth-order valence-corrected chi connectivity index (χ4v) is 8.41. The molecule has 2 aromatic rings. The maximum atomic E-state index is 14.0. The van der Waals surface area contributed by atoms with Crippen molar-refractivity contribution in [2.45, 2.75) is 57.4 Å². The molecular formula is C33H46F2N6. The summed E-state index contributed by atoms with van der Waals surface area (Å²) in [4.78, 5) is 18.2. The molecule has 0 spiro atoms. The Morgan fingerprint density at radius 1 is 1.05 bits per heavy atom. The fraction of sp³-hybridized carbons (Fsp3) is 0.667. The molecule has 4 atom stereocenters. The van der Waals surface area contributed by atoms with Crippen LogP contribution in [0, 0.1) is 28.9 Å². The molecule has 0 bridgehead atoms. The first-order valence-electron chi connectivity index (χ1n) is 16.1. The summed E-state index contributed by atoms with van der Waals surface area (Å²) in [5.41, 5.74) is 3.06.